The molecule has 0 fully saturated rings. The van der Waals surface area contributed by atoms with E-state index >= 15 is 0 Å². The second-order valence-corrected chi connectivity index (χ2v) is 6.69. The lowest BCUT2D eigenvalue weighted by Crippen LogP contribution is -2.22. The molecule has 0 heterocycles. The number of hydrogen-bond donors (Lipinski definition) is 2. The van der Waals surface area contributed by atoms with E-state index in [4.69, 9.17) is 14.7 Å². The van der Waals surface area contributed by atoms with Crippen molar-refractivity contribution >= 4 is 7.32 Å². The Kier molecular flexibility index (Phi) is 4.14. The van der Waals surface area contributed by atoms with E-state index in [-0.39, 0.29) is 10.8 Å². The van der Waals surface area contributed by atoms with Gasteiger partial charge in [0.05, 0.1) is 0 Å². The third-order valence-electron chi connectivity index (χ3n) is 2.88. The van der Waals surface area contributed by atoms with Crippen LogP contribution in [0.25, 0.3) is 0 Å². The summed E-state index contributed by atoms with van der Waals surface area (Å²) in [5.41, 5.74) is 2.20. The Balaban J connectivity index is 3.29. The molecule has 4 heteroatoms. The van der Waals surface area contributed by atoms with Gasteiger partial charge in [0, 0.05) is 0 Å². The summed E-state index contributed by atoms with van der Waals surface area (Å²) in [6, 6.07) is 5.86. The number of benzene rings is 1. The topological polar surface area (TPSA) is 49.7 Å². The number of rotatable bonds is 2. The largest absolute Gasteiger partial charge is 0.707 e. The molecule has 1 aromatic carbocycles. The van der Waals surface area contributed by atoms with Crippen LogP contribution < -0.4 is 4.65 Å². The van der Waals surface area contributed by atoms with Gasteiger partial charge in [-0.2, -0.15) is 0 Å². The lowest BCUT2D eigenvalue weighted by molar-refractivity contribution is 0.287. The zero-order valence-corrected chi connectivity index (χ0v) is 12.1. The van der Waals surface area contributed by atoms with Gasteiger partial charge in [-0.3, -0.25) is 0 Å². The summed E-state index contributed by atoms with van der Waals surface area (Å²) >= 11 is 0. The molecule has 3 nitrogen and oxygen atoms in total. The fourth-order valence-corrected chi connectivity index (χ4v) is 1.65. The first-order chi connectivity index (χ1) is 8.00. The first-order valence-electron chi connectivity index (χ1n) is 6.19. The molecule has 1 rings (SSSR count). The van der Waals surface area contributed by atoms with Crippen LogP contribution in [0.5, 0.6) is 5.75 Å². The van der Waals surface area contributed by atoms with Crippen LogP contribution in [0.1, 0.15) is 52.7 Å². The molecule has 0 saturated carbocycles. The van der Waals surface area contributed by atoms with E-state index in [9.17, 15) is 0 Å². The van der Waals surface area contributed by atoms with Crippen LogP contribution in [0.2, 0.25) is 0 Å². The molecule has 0 unspecified atom stereocenters. The summed E-state index contributed by atoms with van der Waals surface area (Å²) in [5, 5.41) is 17.9. The highest BCUT2D eigenvalue weighted by molar-refractivity contribution is 6.33. The van der Waals surface area contributed by atoms with Gasteiger partial charge >= 0.3 is 7.32 Å². The van der Waals surface area contributed by atoms with Gasteiger partial charge in [-0.25, -0.2) is 0 Å². The normalized spacial score (nSPS) is 12.4. The minimum atomic E-state index is -1.78. The van der Waals surface area contributed by atoms with Gasteiger partial charge in [0.1, 0.15) is 5.75 Å². The molecule has 0 spiro atoms. The summed E-state index contributed by atoms with van der Waals surface area (Å²) in [6.07, 6.45) is 0. The zero-order chi connectivity index (χ0) is 14.1. The molecule has 0 aliphatic carbocycles. The summed E-state index contributed by atoms with van der Waals surface area (Å²) in [6.45, 7) is 12.7. The van der Waals surface area contributed by atoms with Crippen LogP contribution in [0.15, 0.2) is 18.2 Å². The van der Waals surface area contributed by atoms with Crippen molar-refractivity contribution in [2.45, 2.75) is 52.4 Å². The molecule has 0 aliphatic rings. The predicted octanol–water partition coefficient (Wildman–Crippen LogP) is 2.63. The monoisotopic (exact) mass is 250 g/mol. The van der Waals surface area contributed by atoms with E-state index in [0.29, 0.717) is 5.75 Å². The lowest BCUT2D eigenvalue weighted by atomic mass is 9.80. The molecular formula is C14H23BO3. The van der Waals surface area contributed by atoms with Crippen LogP contribution in [0.4, 0.5) is 0 Å². The fraction of sp³-hybridized carbons (Fsp3) is 0.571. The van der Waals surface area contributed by atoms with Gasteiger partial charge in [-0.1, -0.05) is 47.6 Å². The molecule has 0 saturated heterocycles. The second-order valence-electron chi connectivity index (χ2n) is 6.69. The first-order valence-corrected chi connectivity index (χ1v) is 6.19. The minimum Gasteiger partial charge on any atom is -0.512 e. The smallest absolute Gasteiger partial charge is 0.512 e. The highest BCUT2D eigenvalue weighted by Gasteiger charge is 2.22. The summed E-state index contributed by atoms with van der Waals surface area (Å²) in [4.78, 5) is 0. The van der Waals surface area contributed by atoms with Gasteiger partial charge in [0.2, 0.25) is 0 Å². The van der Waals surface area contributed by atoms with Crippen LogP contribution in [0.3, 0.4) is 0 Å². The highest BCUT2D eigenvalue weighted by Crippen LogP contribution is 2.32. The zero-order valence-electron chi connectivity index (χ0n) is 12.1. The van der Waals surface area contributed by atoms with Crippen molar-refractivity contribution in [1.82, 2.24) is 0 Å². The quantitative estimate of drug-likeness (QED) is 0.793. The molecule has 0 atom stereocenters. The SMILES string of the molecule is CC(C)(C)c1cc(OB(O)O)cc(C(C)(C)C)c1. The average Bonchev–Trinajstić information content (AvgIpc) is 2.13. The van der Waals surface area contributed by atoms with Crippen molar-refractivity contribution in [3.05, 3.63) is 29.3 Å². The molecule has 2 N–H and O–H groups in total. The molecular weight excluding hydrogens is 227 g/mol. The van der Waals surface area contributed by atoms with Crippen LogP contribution in [-0.4, -0.2) is 17.4 Å². The average molecular weight is 250 g/mol. The van der Waals surface area contributed by atoms with Gasteiger partial charge in [0.15, 0.2) is 0 Å². The van der Waals surface area contributed by atoms with E-state index in [2.05, 4.69) is 47.6 Å². The van der Waals surface area contributed by atoms with Crippen molar-refractivity contribution in [3.8, 4) is 5.75 Å². The van der Waals surface area contributed by atoms with E-state index in [0.717, 1.165) is 11.1 Å². The second kappa shape index (κ2) is 4.94. The Labute approximate surface area is 110 Å². The standard InChI is InChI=1S/C14H23BO3/c1-13(2,3)10-7-11(14(4,5)6)9-12(8-10)18-15(16)17/h7-9,16-17H,1-6H3. The molecule has 0 aliphatic heterocycles. The highest BCUT2D eigenvalue weighted by atomic mass is 16.6. The molecule has 18 heavy (non-hydrogen) atoms. The Bertz CT molecular complexity index is 382. The molecule has 0 bridgehead atoms. The molecule has 0 radical (unpaired) electrons. The van der Waals surface area contributed by atoms with Crippen molar-refractivity contribution in [2.24, 2.45) is 0 Å². The summed E-state index contributed by atoms with van der Waals surface area (Å²) in [5.74, 6) is 0.488. The lowest BCUT2D eigenvalue weighted by Gasteiger charge is -2.26. The van der Waals surface area contributed by atoms with E-state index in [1.54, 1.807) is 0 Å². The minimum absolute atomic E-state index is 0.0141. The molecule has 0 amide bonds. The third kappa shape index (κ3) is 4.04. The predicted molar refractivity (Wildman–Crippen MR) is 74.7 cm³/mol. The molecule has 1 aromatic rings. The van der Waals surface area contributed by atoms with Gasteiger partial charge in [-0.05, 0) is 34.1 Å². The van der Waals surface area contributed by atoms with Crippen LogP contribution in [-0.2, 0) is 10.8 Å². The van der Waals surface area contributed by atoms with Crippen LogP contribution >= 0.6 is 0 Å². The van der Waals surface area contributed by atoms with E-state index in [1.165, 1.54) is 0 Å². The van der Waals surface area contributed by atoms with E-state index in [1.807, 2.05) is 12.1 Å². The van der Waals surface area contributed by atoms with Crippen molar-refractivity contribution in [3.63, 3.8) is 0 Å². The maximum absolute atomic E-state index is 8.93. The summed E-state index contributed by atoms with van der Waals surface area (Å²) in [7, 11) is -1.78. The Morgan fingerprint density at radius 1 is 0.833 bits per heavy atom. The van der Waals surface area contributed by atoms with Crippen molar-refractivity contribution < 1.29 is 14.7 Å². The van der Waals surface area contributed by atoms with Gasteiger partial charge < -0.3 is 14.7 Å². The van der Waals surface area contributed by atoms with Crippen molar-refractivity contribution in [1.29, 1.82) is 0 Å². The molecule has 0 aromatic heterocycles. The third-order valence-corrected chi connectivity index (χ3v) is 2.88. The maximum Gasteiger partial charge on any atom is 0.707 e. The Morgan fingerprint density at radius 2 is 1.22 bits per heavy atom. The van der Waals surface area contributed by atoms with Crippen molar-refractivity contribution in [2.75, 3.05) is 0 Å². The molecule has 100 valence electrons. The number of hydrogen-bond acceptors (Lipinski definition) is 3. The van der Waals surface area contributed by atoms with Gasteiger partial charge in [-0.15, -0.1) is 0 Å². The Hall–Kier alpha value is -0.995. The van der Waals surface area contributed by atoms with E-state index < -0.39 is 7.32 Å². The fourth-order valence-electron chi connectivity index (χ4n) is 1.65. The Morgan fingerprint density at radius 3 is 1.50 bits per heavy atom. The van der Waals surface area contributed by atoms with Crippen LogP contribution in [0, 0.1) is 0 Å². The first kappa shape index (κ1) is 15.1. The summed E-state index contributed by atoms with van der Waals surface area (Å²) < 4.78 is 5.00. The van der Waals surface area contributed by atoms with Gasteiger partial charge in [0.25, 0.3) is 0 Å². The maximum atomic E-state index is 8.93.